The molecule has 1 aromatic heterocycles. The Morgan fingerprint density at radius 3 is 2.29 bits per heavy atom. The summed E-state index contributed by atoms with van der Waals surface area (Å²) >= 11 is 0. The lowest BCUT2D eigenvalue weighted by Gasteiger charge is -2.20. The number of aromatic amines is 2. The molecule has 7 nitrogen and oxygen atoms in total. The first kappa shape index (κ1) is 11.7. The zero-order valence-corrected chi connectivity index (χ0v) is 9.31. The van der Waals surface area contributed by atoms with Gasteiger partial charge in [-0.05, 0) is 12.8 Å². The van der Waals surface area contributed by atoms with E-state index in [4.69, 9.17) is 0 Å². The molecule has 7 heteroatoms. The van der Waals surface area contributed by atoms with Crippen LogP contribution < -0.4 is 11.4 Å². The predicted octanol–water partition coefficient (Wildman–Crippen LogP) is 0.0707. The molecule has 0 radical (unpaired) electrons. The van der Waals surface area contributed by atoms with Crippen molar-refractivity contribution in [3.8, 4) is 0 Å². The molecule has 0 saturated heterocycles. The van der Waals surface area contributed by atoms with E-state index in [1.165, 1.54) is 0 Å². The van der Waals surface area contributed by atoms with Crippen LogP contribution in [0.1, 0.15) is 38.1 Å². The number of rotatable bonds is 2. The fraction of sp³-hybridized carbons (Fsp3) is 0.700. The zero-order valence-electron chi connectivity index (χ0n) is 9.31. The summed E-state index contributed by atoms with van der Waals surface area (Å²) in [7, 11) is 0. The Labute approximate surface area is 96.5 Å². The molecule has 94 valence electrons. The van der Waals surface area contributed by atoms with Crippen LogP contribution in [0.25, 0.3) is 0 Å². The van der Waals surface area contributed by atoms with E-state index in [0.29, 0.717) is 12.8 Å². The standard InChI is InChI=1S/C10H15N3O4/c14-8(15)6-4-2-1-3-5-7(6)13-9(16)11-12-10(13)17/h6-7H,1-5H2,(H,11,16)(H,12,17)(H,14,15). The molecule has 2 unspecified atom stereocenters. The Balaban J connectivity index is 2.42. The number of carboxylic acids is 1. The highest BCUT2D eigenvalue weighted by Crippen LogP contribution is 2.31. The fourth-order valence-electron chi connectivity index (χ4n) is 2.51. The summed E-state index contributed by atoms with van der Waals surface area (Å²) in [6.07, 6.45) is 3.67. The van der Waals surface area contributed by atoms with Gasteiger partial charge in [0.05, 0.1) is 12.0 Å². The smallest absolute Gasteiger partial charge is 0.344 e. The quantitative estimate of drug-likeness (QED) is 0.637. The maximum absolute atomic E-state index is 11.5. The highest BCUT2D eigenvalue weighted by molar-refractivity contribution is 5.70. The largest absolute Gasteiger partial charge is 0.481 e. The van der Waals surface area contributed by atoms with Crippen LogP contribution in [0.3, 0.4) is 0 Å². The molecule has 3 N–H and O–H groups in total. The van der Waals surface area contributed by atoms with E-state index in [-0.39, 0.29) is 0 Å². The third-order valence-corrected chi connectivity index (χ3v) is 3.34. The van der Waals surface area contributed by atoms with Gasteiger partial charge in [-0.15, -0.1) is 0 Å². The fourth-order valence-corrected chi connectivity index (χ4v) is 2.51. The van der Waals surface area contributed by atoms with E-state index >= 15 is 0 Å². The van der Waals surface area contributed by atoms with Crippen molar-refractivity contribution in [2.75, 3.05) is 0 Å². The molecule has 17 heavy (non-hydrogen) atoms. The molecule has 1 aliphatic carbocycles. The van der Waals surface area contributed by atoms with Crippen LogP contribution in [-0.4, -0.2) is 25.8 Å². The molecule has 1 aliphatic rings. The van der Waals surface area contributed by atoms with Crippen molar-refractivity contribution in [1.82, 2.24) is 14.8 Å². The monoisotopic (exact) mass is 241 g/mol. The number of nitrogens with one attached hydrogen (secondary N) is 2. The van der Waals surface area contributed by atoms with Crippen molar-refractivity contribution < 1.29 is 9.90 Å². The van der Waals surface area contributed by atoms with Gasteiger partial charge in [0.15, 0.2) is 0 Å². The van der Waals surface area contributed by atoms with E-state index in [1.807, 2.05) is 0 Å². The number of nitrogens with zero attached hydrogens (tertiary/aromatic N) is 1. The zero-order chi connectivity index (χ0) is 12.4. The molecule has 0 aromatic carbocycles. The molecule has 0 spiro atoms. The van der Waals surface area contributed by atoms with E-state index in [1.54, 1.807) is 0 Å². The molecule has 1 heterocycles. The second kappa shape index (κ2) is 4.60. The molecule has 1 aromatic rings. The molecule has 0 bridgehead atoms. The third kappa shape index (κ3) is 2.17. The molecule has 2 atom stereocenters. The van der Waals surface area contributed by atoms with Crippen molar-refractivity contribution in [2.24, 2.45) is 5.92 Å². The predicted molar refractivity (Wildman–Crippen MR) is 58.9 cm³/mol. The Morgan fingerprint density at radius 1 is 1.12 bits per heavy atom. The van der Waals surface area contributed by atoms with Gasteiger partial charge >= 0.3 is 17.3 Å². The van der Waals surface area contributed by atoms with Crippen molar-refractivity contribution >= 4 is 5.97 Å². The first-order valence-electron chi connectivity index (χ1n) is 5.73. The van der Waals surface area contributed by atoms with E-state index < -0.39 is 29.3 Å². The summed E-state index contributed by atoms with van der Waals surface area (Å²) in [6.45, 7) is 0. The highest BCUT2D eigenvalue weighted by Gasteiger charge is 2.32. The third-order valence-electron chi connectivity index (χ3n) is 3.34. The molecular weight excluding hydrogens is 226 g/mol. The van der Waals surface area contributed by atoms with Gasteiger partial charge in [0, 0.05) is 0 Å². The molecular formula is C10H15N3O4. The number of H-pyrrole nitrogens is 2. The SMILES string of the molecule is O=C(O)C1CCCCCC1n1c(=O)[nH][nH]c1=O. The number of hydrogen-bond donors (Lipinski definition) is 3. The summed E-state index contributed by atoms with van der Waals surface area (Å²) in [5.41, 5.74) is -1.12. The van der Waals surface area contributed by atoms with Crippen LogP contribution >= 0.6 is 0 Å². The van der Waals surface area contributed by atoms with Gasteiger partial charge < -0.3 is 5.11 Å². The Kier molecular flexibility index (Phi) is 3.16. The second-order valence-corrected chi connectivity index (χ2v) is 4.38. The first-order valence-corrected chi connectivity index (χ1v) is 5.73. The maximum Gasteiger partial charge on any atom is 0.344 e. The van der Waals surface area contributed by atoms with Crippen molar-refractivity contribution in [2.45, 2.75) is 38.1 Å². The summed E-state index contributed by atoms with van der Waals surface area (Å²) in [5, 5.41) is 13.6. The van der Waals surface area contributed by atoms with Gasteiger partial charge in [-0.2, -0.15) is 0 Å². The Hall–Kier alpha value is -1.79. The number of hydrogen-bond acceptors (Lipinski definition) is 3. The molecule has 0 aliphatic heterocycles. The van der Waals surface area contributed by atoms with Gasteiger partial charge in [-0.3, -0.25) is 4.79 Å². The Bertz CT molecular complexity index is 485. The minimum Gasteiger partial charge on any atom is -0.481 e. The van der Waals surface area contributed by atoms with Gasteiger partial charge in [0.2, 0.25) is 0 Å². The van der Waals surface area contributed by atoms with E-state index in [0.717, 1.165) is 23.8 Å². The summed E-state index contributed by atoms with van der Waals surface area (Å²) in [4.78, 5) is 34.2. The summed E-state index contributed by atoms with van der Waals surface area (Å²) < 4.78 is 1.00. The lowest BCUT2D eigenvalue weighted by molar-refractivity contribution is -0.143. The summed E-state index contributed by atoms with van der Waals surface area (Å²) in [5.74, 6) is -1.60. The maximum atomic E-state index is 11.5. The van der Waals surface area contributed by atoms with Crippen molar-refractivity contribution in [1.29, 1.82) is 0 Å². The van der Waals surface area contributed by atoms with Crippen molar-refractivity contribution in [3.05, 3.63) is 21.0 Å². The number of carbonyl (C=O) groups is 1. The normalized spacial score (nSPS) is 25.4. The summed E-state index contributed by atoms with van der Waals surface area (Å²) in [6, 6.07) is -0.544. The molecule has 1 saturated carbocycles. The van der Waals surface area contributed by atoms with Crippen LogP contribution in [0.5, 0.6) is 0 Å². The van der Waals surface area contributed by atoms with Crippen LogP contribution in [0.15, 0.2) is 9.59 Å². The Morgan fingerprint density at radius 2 is 1.71 bits per heavy atom. The van der Waals surface area contributed by atoms with Crippen LogP contribution in [0, 0.1) is 5.92 Å². The molecule has 2 rings (SSSR count). The lowest BCUT2D eigenvalue weighted by Crippen LogP contribution is -2.37. The van der Waals surface area contributed by atoms with Crippen LogP contribution in [0.2, 0.25) is 0 Å². The average Bonchev–Trinajstić information content (AvgIpc) is 2.53. The van der Waals surface area contributed by atoms with Crippen molar-refractivity contribution in [3.63, 3.8) is 0 Å². The first-order chi connectivity index (χ1) is 8.11. The minimum atomic E-state index is -0.940. The van der Waals surface area contributed by atoms with E-state index in [9.17, 15) is 19.5 Å². The lowest BCUT2D eigenvalue weighted by atomic mass is 9.95. The number of aliphatic carboxylic acids is 1. The number of aromatic nitrogens is 3. The average molecular weight is 241 g/mol. The van der Waals surface area contributed by atoms with Gasteiger partial charge in [-0.1, -0.05) is 19.3 Å². The van der Waals surface area contributed by atoms with Gasteiger partial charge in [0.25, 0.3) is 0 Å². The van der Waals surface area contributed by atoms with Crippen LogP contribution in [-0.2, 0) is 4.79 Å². The second-order valence-electron chi connectivity index (χ2n) is 4.38. The topological polar surface area (TPSA) is 108 Å². The molecule has 0 amide bonds. The van der Waals surface area contributed by atoms with Gasteiger partial charge in [0.1, 0.15) is 0 Å². The number of carboxylic acid groups (broad SMARTS) is 1. The highest BCUT2D eigenvalue weighted by atomic mass is 16.4. The van der Waals surface area contributed by atoms with Gasteiger partial charge in [-0.25, -0.2) is 24.4 Å². The van der Waals surface area contributed by atoms with E-state index in [2.05, 4.69) is 10.2 Å². The molecule has 1 fully saturated rings. The minimum absolute atomic E-state index is 0.511. The van der Waals surface area contributed by atoms with Crippen LogP contribution in [0.4, 0.5) is 0 Å².